The molecule has 0 amide bonds. The van der Waals surface area contributed by atoms with Gasteiger partial charge in [0.1, 0.15) is 5.70 Å². The summed E-state index contributed by atoms with van der Waals surface area (Å²) in [7, 11) is 3.59. The van der Waals surface area contributed by atoms with E-state index < -0.39 is 5.97 Å². The van der Waals surface area contributed by atoms with Crippen molar-refractivity contribution >= 4 is 5.97 Å². The van der Waals surface area contributed by atoms with E-state index in [1.807, 2.05) is 11.9 Å². The molecule has 1 heterocycles. The van der Waals surface area contributed by atoms with Crippen molar-refractivity contribution in [2.24, 2.45) is 0 Å². The normalized spacial score (nSPS) is 17.6. The Morgan fingerprint density at radius 3 is 2.50 bits per heavy atom. The van der Waals surface area contributed by atoms with Gasteiger partial charge in [0.2, 0.25) is 0 Å². The summed E-state index contributed by atoms with van der Waals surface area (Å²) >= 11 is 0. The predicted octanol–water partition coefficient (Wildman–Crippen LogP) is -0.253. The van der Waals surface area contributed by atoms with Gasteiger partial charge < -0.3 is 14.9 Å². The summed E-state index contributed by atoms with van der Waals surface area (Å²) in [5, 5.41) is 8.56. The molecule has 0 atom stereocenters. The summed E-state index contributed by atoms with van der Waals surface area (Å²) in [6, 6.07) is 0. The van der Waals surface area contributed by atoms with Gasteiger partial charge in [0.25, 0.3) is 0 Å². The van der Waals surface area contributed by atoms with E-state index >= 15 is 0 Å². The van der Waals surface area contributed by atoms with E-state index in [4.69, 9.17) is 5.11 Å². The van der Waals surface area contributed by atoms with Gasteiger partial charge in [-0.3, -0.25) is 0 Å². The molecule has 1 rings (SSSR count). The molecule has 4 heteroatoms. The van der Waals surface area contributed by atoms with Crippen LogP contribution in [0.4, 0.5) is 0 Å². The molecule has 0 fully saturated rings. The molecule has 0 aromatic rings. The van der Waals surface area contributed by atoms with Crippen molar-refractivity contribution in [3.8, 4) is 0 Å². The average molecular weight is 142 g/mol. The number of rotatable bonds is 1. The summed E-state index contributed by atoms with van der Waals surface area (Å²) in [5.41, 5.74) is 0.350. The third kappa shape index (κ3) is 1.05. The van der Waals surface area contributed by atoms with Gasteiger partial charge in [0.05, 0.1) is 6.67 Å². The summed E-state index contributed by atoms with van der Waals surface area (Å²) in [5.74, 6) is -0.869. The fourth-order valence-corrected chi connectivity index (χ4v) is 0.977. The van der Waals surface area contributed by atoms with Crippen LogP contribution in [0.3, 0.4) is 0 Å². The second-order valence-corrected chi connectivity index (χ2v) is 2.42. The van der Waals surface area contributed by atoms with E-state index in [-0.39, 0.29) is 0 Å². The lowest BCUT2D eigenvalue weighted by molar-refractivity contribution is -0.134. The Kier molecular flexibility index (Phi) is 1.53. The molecule has 0 spiro atoms. The maximum atomic E-state index is 10.4. The number of hydrogen-bond acceptors (Lipinski definition) is 3. The van der Waals surface area contributed by atoms with Gasteiger partial charge in [-0.25, -0.2) is 4.79 Å². The maximum Gasteiger partial charge on any atom is 0.353 e. The Bertz CT molecular complexity index is 188. The number of likely N-dealkylation sites (N-methyl/N-ethyl adjacent to an activating group) is 1. The second kappa shape index (κ2) is 2.21. The van der Waals surface area contributed by atoms with Crippen molar-refractivity contribution in [2.45, 2.75) is 0 Å². The molecule has 0 aliphatic carbocycles. The third-order valence-electron chi connectivity index (χ3n) is 1.41. The molecule has 1 N–H and O–H groups in total. The highest BCUT2D eigenvalue weighted by molar-refractivity contribution is 5.86. The van der Waals surface area contributed by atoms with Crippen LogP contribution in [0.2, 0.25) is 0 Å². The molecule has 1 aliphatic rings. The highest BCUT2D eigenvalue weighted by Crippen LogP contribution is 2.10. The SMILES string of the molecule is CN1C=C(C(=O)O)N(C)C1. The number of carbonyl (C=O) groups is 1. The lowest BCUT2D eigenvalue weighted by Crippen LogP contribution is -2.23. The molecule has 56 valence electrons. The van der Waals surface area contributed by atoms with E-state index in [1.54, 1.807) is 18.1 Å². The first-order valence-corrected chi connectivity index (χ1v) is 2.98. The molecule has 10 heavy (non-hydrogen) atoms. The molecule has 1 aliphatic heterocycles. The van der Waals surface area contributed by atoms with Crippen molar-refractivity contribution in [3.05, 3.63) is 11.9 Å². The summed E-state index contributed by atoms with van der Waals surface area (Å²) < 4.78 is 0. The predicted molar refractivity (Wildman–Crippen MR) is 36.1 cm³/mol. The number of hydrogen-bond donors (Lipinski definition) is 1. The molecule has 0 unspecified atom stereocenters. The number of carboxylic acid groups (broad SMARTS) is 1. The van der Waals surface area contributed by atoms with Crippen LogP contribution in [-0.2, 0) is 4.79 Å². The molecule has 0 saturated carbocycles. The minimum atomic E-state index is -0.869. The van der Waals surface area contributed by atoms with Crippen LogP contribution in [0.1, 0.15) is 0 Å². The van der Waals surface area contributed by atoms with Gasteiger partial charge in [-0.1, -0.05) is 0 Å². The molecular weight excluding hydrogens is 132 g/mol. The van der Waals surface area contributed by atoms with Crippen molar-refractivity contribution in [1.82, 2.24) is 9.80 Å². The van der Waals surface area contributed by atoms with Crippen molar-refractivity contribution in [1.29, 1.82) is 0 Å². The Labute approximate surface area is 59.3 Å². The van der Waals surface area contributed by atoms with Crippen LogP contribution in [-0.4, -0.2) is 41.6 Å². The van der Waals surface area contributed by atoms with Crippen molar-refractivity contribution < 1.29 is 9.90 Å². The lowest BCUT2D eigenvalue weighted by Gasteiger charge is -2.13. The number of carboxylic acids is 1. The topological polar surface area (TPSA) is 43.8 Å². The summed E-state index contributed by atoms with van der Waals surface area (Å²) in [6.07, 6.45) is 1.61. The van der Waals surface area contributed by atoms with Crippen LogP contribution < -0.4 is 0 Å². The molecule has 0 radical (unpaired) electrons. The smallest absolute Gasteiger partial charge is 0.353 e. The highest BCUT2D eigenvalue weighted by atomic mass is 16.4. The zero-order valence-corrected chi connectivity index (χ0v) is 6.03. The van der Waals surface area contributed by atoms with Crippen LogP contribution in [0.5, 0.6) is 0 Å². The molecule has 0 aromatic carbocycles. The maximum absolute atomic E-state index is 10.4. The van der Waals surface area contributed by atoms with E-state index in [0.29, 0.717) is 12.4 Å². The Morgan fingerprint density at radius 1 is 1.70 bits per heavy atom. The summed E-state index contributed by atoms with van der Waals surface area (Å²) in [4.78, 5) is 13.9. The van der Waals surface area contributed by atoms with Gasteiger partial charge in [-0.05, 0) is 0 Å². The van der Waals surface area contributed by atoms with Gasteiger partial charge >= 0.3 is 5.97 Å². The Morgan fingerprint density at radius 2 is 2.30 bits per heavy atom. The zero-order valence-electron chi connectivity index (χ0n) is 6.03. The number of nitrogens with zero attached hydrogens (tertiary/aromatic N) is 2. The molecule has 0 saturated heterocycles. The molecule has 4 nitrogen and oxygen atoms in total. The molecule has 0 bridgehead atoms. The van der Waals surface area contributed by atoms with Crippen LogP contribution in [0.25, 0.3) is 0 Å². The first-order chi connectivity index (χ1) is 4.61. The summed E-state index contributed by atoms with van der Waals surface area (Å²) in [6.45, 7) is 0.654. The van der Waals surface area contributed by atoms with Gasteiger partial charge in [-0.2, -0.15) is 0 Å². The standard InChI is InChI=1S/C6H10N2O2/c1-7-3-5(6(9)10)8(2)4-7/h3H,4H2,1-2H3,(H,9,10). The van der Waals surface area contributed by atoms with Crippen molar-refractivity contribution in [3.63, 3.8) is 0 Å². The van der Waals surface area contributed by atoms with Gasteiger partial charge in [-0.15, -0.1) is 0 Å². The minimum Gasteiger partial charge on any atom is -0.477 e. The largest absolute Gasteiger partial charge is 0.477 e. The molecule has 0 aromatic heterocycles. The quantitative estimate of drug-likeness (QED) is 0.548. The van der Waals surface area contributed by atoms with E-state index in [1.165, 1.54) is 0 Å². The fraction of sp³-hybridized carbons (Fsp3) is 0.500. The monoisotopic (exact) mass is 142 g/mol. The van der Waals surface area contributed by atoms with E-state index in [2.05, 4.69) is 0 Å². The molecular formula is C6H10N2O2. The lowest BCUT2D eigenvalue weighted by atomic mass is 10.5. The minimum absolute atomic E-state index is 0.350. The first-order valence-electron chi connectivity index (χ1n) is 2.98. The highest BCUT2D eigenvalue weighted by Gasteiger charge is 2.19. The van der Waals surface area contributed by atoms with E-state index in [0.717, 1.165) is 0 Å². The van der Waals surface area contributed by atoms with E-state index in [9.17, 15) is 4.79 Å². The Balaban J connectivity index is 2.75. The zero-order chi connectivity index (χ0) is 7.72. The van der Waals surface area contributed by atoms with Gasteiger partial charge in [0.15, 0.2) is 0 Å². The van der Waals surface area contributed by atoms with Crippen LogP contribution in [0, 0.1) is 0 Å². The fourth-order valence-electron chi connectivity index (χ4n) is 0.977. The van der Waals surface area contributed by atoms with Gasteiger partial charge in [0, 0.05) is 20.3 Å². The number of aliphatic carboxylic acids is 1. The average Bonchev–Trinajstić information content (AvgIpc) is 2.10. The second-order valence-electron chi connectivity index (χ2n) is 2.42. The van der Waals surface area contributed by atoms with Crippen LogP contribution in [0.15, 0.2) is 11.9 Å². The first kappa shape index (κ1) is 6.92. The third-order valence-corrected chi connectivity index (χ3v) is 1.41. The van der Waals surface area contributed by atoms with Crippen LogP contribution >= 0.6 is 0 Å². The Hall–Kier alpha value is -1.19. The van der Waals surface area contributed by atoms with Crippen molar-refractivity contribution in [2.75, 3.05) is 20.8 Å².